The van der Waals surface area contributed by atoms with Gasteiger partial charge in [-0.25, -0.2) is 0 Å². The topological polar surface area (TPSA) is 95.1 Å². The van der Waals surface area contributed by atoms with Crippen LogP contribution in [0.25, 0.3) is 0 Å². The summed E-state index contributed by atoms with van der Waals surface area (Å²) in [6.07, 6.45) is 40.0. The van der Waals surface area contributed by atoms with E-state index in [0.29, 0.717) is 49.9 Å². The average Bonchev–Trinajstić information content (AvgIpc) is 3.59. The predicted molar refractivity (Wildman–Crippen MR) is 256 cm³/mol. The second kappa shape index (κ2) is 41.1. The maximum Gasteiger partial charge on any atom is 0.306 e. The number of hydrogen-bond donors (Lipinski definition) is 2. The number of rotatable bonds is 41. The Morgan fingerprint density at radius 1 is 0.583 bits per heavy atom. The first-order valence-electron chi connectivity index (χ1n) is 25.3. The van der Waals surface area contributed by atoms with Crippen LogP contribution in [0.1, 0.15) is 234 Å². The summed E-state index contributed by atoms with van der Waals surface area (Å²) >= 11 is 5.65. The third kappa shape index (κ3) is 33.6. The number of carbonyl (C=O) groups is 2. The van der Waals surface area contributed by atoms with E-state index in [1.54, 1.807) is 0 Å². The molecule has 0 bridgehead atoms. The number of nitrogens with one attached hydrogen (secondary N) is 2. The zero-order valence-corrected chi connectivity index (χ0v) is 40.4. The number of ether oxygens (including phenoxy) is 4. The van der Waals surface area contributed by atoms with Gasteiger partial charge >= 0.3 is 11.9 Å². The molecule has 0 aromatic rings. The first kappa shape index (κ1) is 56.0. The normalized spacial score (nSPS) is 17.2. The third-order valence-corrected chi connectivity index (χ3v) is 11.8. The lowest BCUT2D eigenvalue weighted by molar-refractivity contribution is -0.170. The van der Waals surface area contributed by atoms with E-state index in [-0.39, 0.29) is 24.4 Å². The molecule has 0 aliphatic heterocycles. The van der Waals surface area contributed by atoms with Gasteiger partial charge < -0.3 is 29.6 Å². The molecular formula is C51H94N2O6S. The number of carbonyl (C=O) groups excluding carboxylic acids is 2. The van der Waals surface area contributed by atoms with E-state index in [4.69, 9.17) is 31.2 Å². The Kier molecular flexibility index (Phi) is 38.4. The van der Waals surface area contributed by atoms with Crippen LogP contribution in [-0.2, 0) is 28.5 Å². The van der Waals surface area contributed by atoms with Crippen molar-refractivity contribution < 1.29 is 28.5 Å². The van der Waals surface area contributed by atoms with Gasteiger partial charge in [0.25, 0.3) is 0 Å². The van der Waals surface area contributed by atoms with Crippen LogP contribution in [0.15, 0.2) is 24.3 Å². The smallest absolute Gasteiger partial charge is 0.306 e. The maximum absolute atomic E-state index is 13.4. The molecule has 1 aliphatic rings. The van der Waals surface area contributed by atoms with E-state index in [1.165, 1.54) is 103 Å². The fourth-order valence-electron chi connectivity index (χ4n) is 7.81. The van der Waals surface area contributed by atoms with Crippen molar-refractivity contribution in [2.75, 3.05) is 19.8 Å². The molecule has 0 radical (unpaired) electrons. The van der Waals surface area contributed by atoms with Crippen molar-refractivity contribution in [1.29, 1.82) is 0 Å². The fourth-order valence-corrected chi connectivity index (χ4v) is 8.08. The van der Waals surface area contributed by atoms with Crippen LogP contribution in [0, 0.1) is 5.92 Å². The highest BCUT2D eigenvalue weighted by atomic mass is 32.1. The molecule has 4 unspecified atom stereocenters. The van der Waals surface area contributed by atoms with Gasteiger partial charge in [-0.1, -0.05) is 168 Å². The van der Waals surface area contributed by atoms with E-state index < -0.39 is 18.5 Å². The van der Waals surface area contributed by atoms with E-state index in [9.17, 15) is 9.59 Å². The molecule has 0 aromatic carbocycles. The summed E-state index contributed by atoms with van der Waals surface area (Å²) in [5.74, 6) is 0.118. The van der Waals surface area contributed by atoms with Crippen LogP contribution in [0.3, 0.4) is 0 Å². The van der Waals surface area contributed by atoms with Crippen molar-refractivity contribution in [2.45, 2.75) is 258 Å². The molecule has 0 aromatic heterocycles. The van der Waals surface area contributed by atoms with Crippen LogP contribution in [0.2, 0.25) is 0 Å². The molecule has 1 saturated carbocycles. The minimum Gasteiger partial charge on any atom is -0.458 e. The molecule has 350 valence electrons. The Labute approximate surface area is 375 Å². The zero-order chi connectivity index (χ0) is 43.7. The summed E-state index contributed by atoms with van der Waals surface area (Å²) in [5, 5.41) is 7.37. The van der Waals surface area contributed by atoms with Gasteiger partial charge in [0.1, 0.15) is 12.2 Å². The van der Waals surface area contributed by atoms with E-state index >= 15 is 0 Å². The number of hydrogen-bond acceptors (Lipinski definition) is 7. The summed E-state index contributed by atoms with van der Waals surface area (Å²) in [4.78, 5) is 26.5. The third-order valence-electron chi connectivity index (χ3n) is 11.6. The van der Waals surface area contributed by atoms with Gasteiger partial charge in [-0.2, -0.15) is 0 Å². The molecule has 9 heteroatoms. The molecule has 1 aliphatic carbocycles. The number of esters is 2. The van der Waals surface area contributed by atoms with Crippen molar-refractivity contribution in [3.8, 4) is 0 Å². The fraction of sp³-hybridized carbons (Fsp3) is 0.863. The molecule has 0 spiro atoms. The van der Waals surface area contributed by atoms with Crippen molar-refractivity contribution >= 4 is 29.3 Å². The van der Waals surface area contributed by atoms with Gasteiger partial charge in [0.05, 0.1) is 6.42 Å². The quantitative estimate of drug-likeness (QED) is 0.0205. The first-order valence-corrected chi connectivity index (χ1v) is 25.7. The SMILES string of the molecule is CCCCC/C=C\C/C=C\CCCCCCCC(=O)OC1CC(NC(=S)NCCC(C)CCC)CC1OC(=O)CCC(OCCCCCCCC)OCCCCCCCC. The maximum atomic E-state index is 13.4. The van der Waals surface area contributed by atoms with Crippen molar-refractivity contribution in [2.24, 2.45) is 5.92 Å². The zero-order valence-electron chi connectivity index (χ0n) is 39.6. The van der Waals surface area contributed by atoms with Crippen LogP contribution >= 0.6 is 12.2 Å². The molecular weight excluding hydrogens is 769 g/mol. The van der Waals surface area contributed by atoms with Crippen LogP contribution in [-0.4, -0.2) is 61.3 Å². The summed E-state index contributed by atoms with van der Waals surface area (Å²) in [7, 11) is 0. The van der Waals surface area contributed by atoms with Crippen molar-refractivity contribution in [1.82, 2.24) is 10.6 Å². The van der Waals surface area contributed by atoms with Crippen LogP contribution < -0.4 is 10.6 Å². The Morgan fingerprint density at radius 2 is 1.07 bits per heavy atom. The molecule has 1 fully saturated rings. The van der Waals surface area contributed by atoms with Gasteiger partial charge in [0, 0.05) is 51.5 Å². The van der Waals surface area contributed by atoms with Gasteiger partial charge in [0.2, 0.25) is 0 Å². The Hall–Kier alpha value is -1.97. The second-order valence-electron chi connectivity index (χ2n) is 17.5. The second-order valence-corrected chi connectivity index (χ2v) is 17.9. The largest absolute Gasteiger partial charge is 0.458 e. The van der Waals surface area contributed by atoms with Gasteiger partial charge in [-0.15, -0.1) is 0 Å². The van der Waals surface area contributed by atoms with Crippen molar-refractivity contribution in [3.63, 3.8) is 0 Å². The molecule has 0 amide bonds. The standard InChI is InChI=1S/C51H94N2O6S/c1-6-10-13-16-19-20-21-22-23-24-25-26-27-28-31-35-48(54)58-46-42-45(53-51(60)52-39-38-44(5)34-9-4)43-47(46)59-49(55)36-37-50(56-40-32-29-17-14-11-7-2)57-41-33-30-18-15-12-8-3/h19-20,22-23,44-47,50H,6-18,21,24-43H2,1-5H3,(H2,52,53,60)/b20-19-,23-22-. The minimum atomic E-state index is -0.526. The number of allylic oxidation sites excluding steroid dienone is 4. The highest BCUT2D eigenvalue weighted by molar-refractivity contribution is 7.80. The van der Waals surface area contributed by atoms with Crippen LogP contribution in [0.5, 0.6) is 0 Å². The average molecular weight is 863 g/mol. The summed E-state index contributed by atoms with van der Waals surface area (Å²) < 4.78 is 24.5. The summed E-state index contributed by atoms with van der Waals surface area (Å²) in [5.41, 5.74) is 0. The highest BCUT2D eigenvalue weighted by Gasteiger charge is 2.40. The highest BCUT2D eigenvalue weighted by Crippen LogP contribution is 2.27. The minimum absolute atomic E-state index is 0.0569. The summed E-state index contributed by atoms with van der Waals surface area (Å²) in [6, 6.07) is -0.0569. The van der Waals surface area contributed by atoms with E-state index in [2.05, 4.69) is 69.6 Å². The molecule has 1 rings (SSSR count). The van der Waals surface area contributed by atoms with Crippen LogP contribution in [0.4, 0.5) is 0 Å². The molecule has 4 atom stereocenters. The summed E-state index contributed by atoms with van der Waals surface area (Å²) in [6.45, 7) is 13.3. The first-order chi connectivity index (χ1) is 29.3. The molecule has 8 nitrogen and oxygen atoms in total. The lowest BCUT2D eigenvalue weighted by Gasteiger charge is -2.22. The molecule has 2 N–H and O–H groups in total. The van der Waals surface area contributed by atoms with E-state index in [0.717, 1.165) is 70.8 Å². The lowest BCUT2D eigenvalue weighted by atomic mass is 10.0. The molecule has 0 saturated heterocycles. The Bertz CT molecular complexity index is 1070. The predicted octanol–water partition coefficient (Wildman–Crippen LogP) is 13.9. The van der Waals surface area contributed by atoms with Gasteiger partial charge in [-0.3, -0.25) is 9.59 Å². The Morgan fingerprint density at radius 3 is 1.63 bits per heavy atom. The molecule has 0 heterocycles. The van der Waals surface area contributed by atoms with E-state index in [1.807, 2.05) is 0 Å². The number of unbranched alkanes of at least 4 members (excludes halogenated alkanes) is 18. The molecule has 60 heavy (non-hydrogen) atoms. The van der Waals surface area contributed by atoms with Gasteiger partial charge in [0.15, 0.2) is 11.4 Å². The Balaban J connectivity index is 2.64. The van der Waals surface area contributed by atoms with Gasteiger partial charge in [-0.05, 0) is 75.9 Å². The van der Waals surface area contributed by atoms with Crippen molar-refractivity contribution in [3.05, 3.63) is 24.3 Å². The lowest BCUT2D eigenvalue weighted by Crippen LogP contribution is -2.41. The monoisotopic (exact) mass is 863 g/mol. The number of thiocarbonyl (C=S) groups is 1.